The zero-order valence-corrected chi connectivity index (χ0v) is 65.8. The first-order valence-corrected chi connectivity index (χ1v) is 51.7. The molecule has 6 rings (SSSR count). The smallest absolute Gasteiger partial charge is 0.373 e. The fourth-order valence-electron chi connectivity index (χ4n) is 13.1. The van der Waals surface area contributed by atoms with Gasteiger partial charge in [-0.1, -0.05) is 265 Å². The highest BCUT2D eigenvalue weighted by Gasteiger charge is 2.82. The minimum Gasteiger partial charge on any atom is -0.373 e. The minimum atomic E-state index is -3.99. The molecule has 20 heteroatoms. The highest BCUT2D eigenvalue weighted by molar-refractivity contribution is 7.03. The van der Waals surface area contributed by atoms with Gasteiger partial charge in [-0.2, -0.15) is 0 Å². The largest absolute Gasteiger partial charge is 0.478 e. The van der Waals surface area contributed by atoms with Crippen LogP contribution >= 0.6 is 0 Å². The molecule has 0 radical (unpaired) electrons. The molecular weight excluding hydrogens is 1190 g/mol. The van der Waals surface area contributed by atoms with E-state index in [9.17, 15) is 0 Å². The van der Waals surface area contributed by atoms with E-state index in [0.29, 0.717) is 95.7 Å². The van der Waals surface area contributed by atoms with Gasteiger partial charge in [0.25, 0.3) is 0 Å². The molecule has 6 heterocycles. The Morgan fingerprint density at radius 1 is 0.143 bits per heavy atom. The van der Waals surface area contributed by atoms with Gasteiger partial charge in [-0.15, -0.1) is 0 Å². The SMILES string of the molecule is CC(C)CCCCC[Si]12O[Si]3(CCCCCC(C)C)O[Si]4(CCCCCC(C)C)O[Si](CCCCCC(C)C)(O1)O[Si]1(CCCCCC(C)C)O[Si](CCCCCC(C)C)(O2)O[Si](CCCCCC(C)C)(O3)O[Si](CCCCCC(C)C)(O4)O1. The molecule has 0 spiro atoms. The average molecular weight is 1320 g/mol. The molecule has 0 aliphatic carbocycles. The Balaban J connectivity index is 1.87. The van der Waals surface area contributed by atoms with Gasteiger partial charge in [-0.3, -0.25) is 0 Å². The molecule has 0 aromatic heterocycles. The second kappa shape index (κ2) is 37.2. The fraction of sp³-hybridized carbons (Fsp3) is 1.00. The highest BCUT2D eigenvalue weighted by atomic mass is 28.6. The highest BCUT2D eigenvalue weighted by Crippen LogP contribution is 2.55. The van der Waals surface area contributed by atoms with Gasteiger partial charge in [-0.05, 0) is 98.7 Å². The van der Waals surface area contributed by atoms with Crippen molar-refractivity contribution in [3.63, 3.8) is 0 Å². The summed E-state index contributed by atoms with van der Waals surface area (Å²) in [5.74, 6) is 5.05. The fourth-order valence-corrected chi connectivity index (χ4v) is 64.1. The van der Waals surface area contributed by atoms with Gasteiger partial charge in [-0.25, -0.2) is 0 Å². The Morgan fingerprint density at radius 3 is 0.321 bits per heavy atom. The summed E-state index contributed by atoms with van der Waals surface area (Å²) >= 11 is 0. The topological polar surface area (TPSA) is 111 Å². The van der Waals surface area contributed by atoms with Crippen LogP contribution in [0.3, 0.4) is 0 Å². The first-order valence-electron chi connectivity index (χ1n) is 36.2. The van der Waals surface area contributed by atoms with Crippen LogP contribution in [0.1, 0.15) is 316 Å². The molecule has 496 valence electrons. The Morgan fingerprint density at radius 2 is 0.238 bits per heavy atom. The van der Waals surface area contributed by atoms with E-state index in [1.54, 1.807) is 0 Å². The molecule has 8 bridgehead atoms. The predicted octanol–water partition coefficient (Wildman–Crippen LogP) is 21.5. The first kappa shape index (κ1) is 76.0. The van der Waals surface area contributed by atoms with Crippen molar-refractivity contribution in [2.75, 3.05) is 0 Å². The lowest BCUT2D eigenvalue weighted by atomic mass is 10.1. The van der Waals surface area contributed by atoms with Gasteiger partial charge >= 0.3 is 70.4 Å². The maximum atomic E-state index is 8.40. The van der Waals surface area contributed by atoms with Crippen LogP contribution in [-0.4, -0.2) is 70.4 Å². The van der Waals surface area contributed by atoms with E-state index in [4.69, 9.17) is 49.4 Å². The first-order chi connectivity index (χ1) is 39.8. The molecule has 6 saturated heterocycles. The lowest BCUT2D eigenvalue weighted by molar-refractivity contribution is -0.0313. The maximum Gasteiger partial charge on any atom is 0.478 e. The number of rotatable bonds is 48. The van der Waals surface area contributed by atoms with E-state index in [2.05, 4.69) is 111 Å². The van der Waals surface area contributed by atoms with E-state index in [1.807, 2.05) is 0 Å². The molecule has 0 aromatic rings. The van der Waals surface area contributed by atoms with Gasteiger partial charge < -0.3 is 49.4 Å². The van der Waals surface area contributed by atoms with E-state index < -0.39 is 70.4 Å². The van der Waals surface area contributed by atoms with Gasteiger partial charge in [0.15, 0.2) is 0 Å². The molecule has 0 saturated carbocycles. The van der Waals surface area contributed by atoms with Crippen molar-refractivity contribution in [1.82, 2.24) is 0 Å². The predicted molar refractivity (Wildman–Crippen MR) is 364 cm³/mol. The van der Waals surface area contributed by atoms with Crippen LogP contribution in [0.15, 0.2) is 0 Å². The van der Waals surface area contributed by atoms with Crippen molar-refractivity contribution >= 4 is 70.4 Å². The molecule has 6 aliphatic rings. The molecule has 6 fully saturated rings. The van der Waals surface area contributed by atoms with Crippen molar-refractivity contribution in [3.8, 4) is 0 Å². The van der Waals surface area contributed by atoms with E-state index in [0.717, 1.165) is 154 Å². The number of unbranched alkanes of at least 4 members (excludes halogenated alkanes) is 16. The van der Waals surface area contributed by atoms with Crippen molar-refractivity contribution in [2.24, 2.45) is 47.3 Å². The zero-order chi connectivity index (χ0) is 61.4. The van der Waals surface area contributed by atoms with Crippen molar-refractivity contribution in [2.45, 2.75) is 365 Å². The quantitative estimate of drug-likeness (QED) is 0.0427. The Kier molecular flexibility index (Phi) is 33.7. The zero-order valence-electron chi connectivity index (χ0n) is 57.8. The Labute approximate surface area is 528 Å². The van der Waals surface area contributed by atoms with Gasteiger partial charge in [0.05, 0.1) is 0 Å². The van der Waals surface area contributed by atoms with E-state index in [1.165, 1.54) is 51.4 Å². The number of hydrogen-bond donors (Lipinski definition) is 0. The number of hydrogen-bond acceptors (Lipinski definition) is 12. The summed E-state index contributed by atoms with van der Waals surface area (Å²) in [6.07, 6.45) is 34.0. The van der Waals surface area contributed by atoms with Crippen LogP contribution in [-0.2, 0) is 49.4 Å². The summed E-state index contributed by atoms with van der Waals surface area (Å²) in [7, 11) is -31.9. The van der Waals surface area contributed by atoms with Crippen LogP contribution in [0.4, 0.5) is 0 Å². The molecule has 6 aliphatic heterocycles. The molecule has 12 nitrogen and oxygen atoms in total. The summed E-state index contributed by atoms with van der Waals surface area (Å²) < 4.78 is 101. The second-order valence-corrected chi connectivity index (χ2v) is 55.4. The van der Waals surface area contributed by atoms with Crippen LogP contribution in [0.2, 0.25) is 48.4 Å². The van der Waals surface area contributed by atoms with Crippen LogP contribution in [0.5, 0.6) is 0 Å². The molecule has 0 atom stereocenters. The summed E-state index contributed by atoms with van der Waals surface area (Å²) in [4.78, 5) is 0. The summed E-state index contributed by atoms with van der Waals surface area (Å²) in [6, 6.07) is 4.88. The molecule has 84 heavy (non-hydrogen) atoms. The summed E-state index contributed by atoms with van der Waals surface area (Å²) in [5.41, 5.74) is 0. The molecule has 0 amide bonds. The molecule has 0 unspecified atom stereocenters. The second-order valence-electron chi connectivity index (χ2n) is 30.6. The third kappa shape index (κ3) is 26.7. The Bertz CT molecular complexity index is 1340. The van der Waals surface area contributed by atoms with Crippen LogP contribution in [0, 0.1) is 47.3 Å². The average Bonchev–Trinajstić information content (AvgIpc) is 2.52. The van der Waals surface area contributed by atoms with Gasteiger partial charge in [0, 0.05) is 48.4 Å². The lowest BCUT2D eigenvalue weighted by Crippen LogP contribution is -2.88. The van der Waals surface area contributed by atoms with Crippen LogP contribution < -0.4 is 0 Å². The van der Waals surface area contributed by atoms with Crippen molar-refractivity contribution in [1.29, 1.82) is 0 Å². The molecule has 0 aromatic carbocycles. The third-order valence-electron chi connectivity index (χ3n) is 17.8. The summed E-state index contributed by atoms with van der Waals surface area (Å²) in [6.45, 7) is 37.4. The molecule has 0 N–H and O–H groups in total. The minimum absolute atomic E-state index is 0.610. The van der Waals surface area contributed by atoms with Crippen molar-refractivity contribution < 1.29 is 49.4 Å². The monoisotopic (exact) mass is 1320 g/mol. The normalized spacial score (nSPS) is 30.6. The van der Waals surface area contributed by atoms with Gasteiger partial charge in [0.1, 0.15) is 0 Å². The lowest BCUT2D eigenvalue weighted by Gasteiger charge is -2.63. The van der Waals surface area contributed by atoms with Crippen molar-refractivity contribution in [3.05, 3.63) is 0 Å². The third-order valence-corrected chi connectivity index (χ3v) is 55.4. The van der Waals surface area contributed by atoms with E-state index >= 15 is 0 Å². The van der Waals surface area contributed by atoms with E-state index in [-0.39, 0.29) is 0 Å². The van der Waals surface area contributed by atoms with Crippen LogP contribution in [0.25, 0.3) is 0 Å². The standard InChI is InChI=1S/C64H136O12Si8/c1-57(2)41-25-17-33-49-77-65-78(50-34-18-26-42-58(3)4)68-81(53-37-21-29-45-61(9)10)70-79(66-77,51-35-19-27-43-59(5)6)72-83(55-39-23-31-47-63(13)14)73-80(67-77,52-36-20-28-44-60(7)8)71-82(69-78,54-38-22-30-46-62(11)12)75-84(74-81,76-83)56-40-24-32-48-64(15)16/h57-64H,17-56H2,1-16H3. The van der Waals surface area contributed by atoms with Gasteiger partial charge in [0.2, 0.25) is 0 Å². The Hall–Kier alpha value is 1.26. The maximum absolute atomic E-state index is 8.40. The summed E-state index contributed by atoms with van der Waals surface area (Å²) in [5, 5.41) is 0. The molecular formula is C64H136O12Si8.